The smallest absolute Gasteiger partial charge is 0.238 e. The Morgan fingerprint density at radius 2 is 1.81 bits per heavy atom. The summed E-state index contributed by atoms with van der Waals surface area (Å²) < 4.78 is 2.02. The molecule has 6 nitrogen and oxygen atoms in total. The zero-order chi connectivity index (χ0) is 22.0. The Balaban J connectivity index is 1.74. The Hall–Kier alpha value is -2.35. The number of nitrogens with zero attached hydrogens (tertiary/aromatic N) is 4. The number of nitrogens with one attached hydrogen (secondary N) is 1. The summed E-state index contributed by atoms with van der Waals surface area (Å²) in [6, 6.07) is 17.8. The monoisotopic (exact) mass is 455 g/mol. The van der Waals surface area contributed by atoms with Gasteiger partial charge in [-0.1, -0.05) is 53.7 Å². The second-order valence-corrected chi connectivity index (χ2v) is 9.49. The van der Waals surface area contributed by atoms with E-state index >= 15 is 0 Å². The lowest BCUT2D eigenvalue weighted by Crippen LogP contribution is -2.30. The number of aromatic nitrogens is 3. The topological polar surface area (TPSA) is 63.1 Å². The van der Waals surface area contributed by atoms with Crippen molar-refractivity contribution in [1.82, 2.24) is 25.0 Å². The number of hydrogen-bond donors (Lipinski definition) is 1. The molecule has 0 spiro atoms. The molecule has 1 fully saturated rings. The van der Waals surface area contributed by atoms with E-state index in [2.05, 4.69) is 27.3 Å². The molecule has 8 heteroatoms. The fourth-order valence-corrected chi connectivity index (χ4v) is 4.40. The summed E-state index contributed by atoms with van der Waals surface area (Å²) in [5.74, 6) is 0.816. The minimum Gasteiger partial charge on any atom is -0.352 e. The molecular formula is C23H26ClN5OS. The fraction of sp³-hybridized carbons (Fsp3) is 0.348. The van der Waals surface area contributed by atoms with E-state index in [4.69, 9.17) is 11.6 Å². The van der Waals surface area contributed by atoms with Crippen molar-refractivity contribution in [3.63, 3.8) is 0 Å². The third kappa shape index (κ3) is 5.11. The minimum absolute atomic E-state index is 0.00608. The number of carbonyl (C=O) groups is 1. The summed E-state index contributed by atoms with van der Waals surface area (Å²) in [4.78, 5) is 15.2. The molecule has 1 heterocycles. The zero-order valence-electron chi connectivity index (χ0n) is 17.8. The van der Waals surface area contributed by atoms with Crippen molar-refractivity contribution in [2.75, 3.05) is 14.1 Å². The van der Waals surface area contributed by atoms with Crippen LogP contribution in [0.25, 0.3) is 5.69 Å². The molecule has 31 heavy (non-hydrogen) atoms. The van der Waals surface area contributed by atoms with Gasteiger partial charge >= 0.3 is 0 Å². The Morgan fingerprint density at radius 3 is 2.42 bits per heavy atom. The van der Waals surface area contributed by atoms with Crippen LogP contribution in [-0.2, 0) is 4.79 Å². The van der Waals surface area contributed by atoms with E-state index in [1.54, 1.807) is 0 Å². The van der Waals surface area contributed by atoms with E-state index in [0.717, 1.165) is 29.9 Å². The maximum Gasteiger partial charge on any atom is 0.238 e. The highest BCUT2D eigenvalue weighted by atomic mass is 35.5. The molecule has 2 aromatic carbocycles. The number of rotatable bonds is 8. The predicted octanol–water partition coefficient (Wildman–Crippen LogP) is 4.66. The third-order valence-electron chi connectivity index (χ3n) is 5.38. The standard InChI is InChI=1S/C23H26ClN5OS/c1-15(28(2)3)21-26-27-23(29(21)19-13-9-17(24)10-14-19)31-20(16-7-5-4-6-8-16)22(30)25-18-11-12-18/h4-10,13-15,18,20H,11-12H2,1-3H3,(H,25,30). The molecular weight excluding hydrogens is 430 g/mol. The van der Waals surface area contributed by atoms with Crippen LogP contribution in [0.2, 0.25) is 5.02 Å². The Kier molecular flexibility index (Phi) is 6.65. The molecule has 0 aliphatic heterocycles. The number of thioether (sulfide) groups is 1. The molecule has 1 saturated carbocycles. The Morgan fingerprint density at radius 1 is 1.13 bits per heavy atom. The predicted molar refractivity (Wildman–Crippen MR) is 125 cm³/mol. The van der Waals surface area contributed by atoms with Crippen molar-refractivity contribution in [3.8, 4) is 5.69 Å². The molecule has 1 aromatic heterocycles. The molecule has 2 atom stereocenters. The maximum atomic E-state index is 13.1. The van der Waals surface area contributed by atoms with Gasteiger partial charge in [0.25, 0.3) is 0 Å². The van der Waals surface area contributed by atoms with E-state index in [1.807, 2.05) is 73.3 Å². The van der Waals surface area contributed by atoms with E-state index in [0.29, 0.717) is 10.2 Å². The lowest BCUT2D eigenvalue weighted by atomic mass is 10.1. The first kappa shape index (κ1) is 21.9. The van der Waals surface area contributed by atoms with Gasteiger partial charge in [0.2, 0.25) is 5.91 Å². The summed E-state index contributed by atoms with van der Waals surface area (Å²) >= 11 is 7.54. The lowest BCUT2D eigenvalue weighted by Gasteiger charge is -2.21. The zero-order valence-corrected chi connectivity index (χ0v) is 19.4. The van der Waals surface area contributed by atoms with Crippen LogP contribution in [-0.4, -0.2) is 45.7 Å². The van der Waals surface area contributed by atoms with E-state index in [-0.39, 0.29) is 18.0 Å². The average molecular weight is 456 g/mol. The Bertz CT molecular complexity index is 1030. The first-order valence-corrected chi connectivity index (χ1v) is 11.6. The lowest BCUT2D eigenvalue weighted by molar-refractivity contribution is -0.120. The van der Waals surface area contributed by atoms with Crippen molar-refractivity contribution in [3.05, 3.63) is 71.0 Å². The second-order valence-electron chi connectivity index (χ2n) is 7.98. The van der Waals surface area contributed by atoms with Crippen LogP contribution in [0.3, 0.4) is 0 Å². The Labute approximate surface area is 192 Å². The van der Waals surface area contributed by atoms with Gasteiger partial charge < -0.3 is 5.32 Å². The summed E-state index contributed by atoms with van der Waals surface area (Å²) in [7, 11) is 4.02. The van der Waals surface area contributed by atoms with Crippen LogP contribution >= 0.6 is 23.4 Å². The van der Waals surface area contributed by atoms with Crippen LogP contribution in [0, 0.1) is 0 Å². The highest BCUT2D eigenvalue weighted by molar-refractivity contribution is 8.00. The van der Waals surface area contributed by atoms with Crippen LogP contribution in [0.4, 0.5) is 0 Å². The van der Waals surface area contributed by atoms with Crippen molar-refractivity contribution in [2.45, 2.75) is 42.3 Å². The number of benzene rings is 2. The van der Waals surface area contributed by atoms with Gasteiger partial charge in [0.1, 0.15) is 5.25 Å². The van der Waals surface area contributed by atoms with Crippen LogP contribution in [0.15, 0.2) is 59.8 Å². The van der Waals surface area contributed by atoms with E-state index < -0.39 is 5.25 Å². The van der Waals surface area contributed by atoms with Gasteiger partial charge in [-0.25, -0.2) is 0 Å². The quantitative estimate of drug-likeness (QED) is 0.500. The first-order chi connectivity index (χ1) is 14.9. The molecule has 0 saturated heterocycles. The maximum absolute atomic E-state index is 13.1. The fourth-order valence-electron chi connectivity index (χ4n) is 3.20. The molecule has 1 amide bonds. The second kappa shape index (κ2) is 9.42. The SMILES string of the molecule is CC(c1nnc(SC(C(=O)NC2CC2)c2ccccc2)n1-c1ccc(Cl)cc1)N(C)C. The summed E-state index contributed by atoms with van der Waals surface area (Å²) in [6.07, 6.45) is 2.09. The van der Waals surface area contributed by atoms with Crippen LogP contribution in [0.5, 0.6) is 0 Å². The van der Waals surface area contributed by atoms with Gasteiger partial charge in [0.05, 0.1) is 6.04 Å². The van der Waals surface area contributed by atoms with Gasteiger partial charge in [-0.15, -0.1) is 10.2 Å². The van der Waals surface area contributed by atoms with E-state index in [1.165, 1.54) is 11.8 Å². The van der Waals surface area contributed by atoms with Crippen LogP contribution in [0.1, 0.15) is 42.4 Å². The van der Waals surface area contributed by atoms with Gasteiger partial charge in [-0.2, -0.15) is 0 Å². The molecule has 3 aromatic rings. The first-order valence-electron chi connectivity index (χ1n) is 10.3. The number of halogens is 1. The van der Waals surface area contributed by atoms with Crippen molar-refractivity contribution >= 4 is 29.3 Å². The number of carbonyl (C=O) groups excluding carboxylic acids is 1. The molecule has 1 aliphatic carbocycles. The summed E-state index contributed by atoms with van der Waals surface area (Å²) in [5.41, 5.74) is 1.86. The summed E-state index contributed by atoms with van der Waals surface area (Å²) in [6.45, 7) is 2.08. The van der Waals surface area contributed by atoms with Gasteiger partial charge in [-0.3, -0.25) is 14.3 Å². The normalized spacial score (nSPS) is 15.6. The largest absolute Gasteiger partial charge is 0.352 e. The molecule has 0 radical (unpaired) electrons. The van der Waals surface area contributed by atoms with Crippen molar-refractivity contribution < 1.29 is 4.79 Å². The van der Waals surface area contributed by atoms with Crippen molar-refractivity contribution in [2.24, 2.45) is 0 Å². The average Bonchev–Trinajstić information content (AvgIpc) is 3.49. The minimum atomic E-state index is -0.417. The van der Waals surface area contributed by atoms with Gasteiger partial charge in [0, 0.05) is 16.8 Å². The number of hydrogen-bond acceptors (Lipinski definition) is 5. The molecule has 1 N–H and O–H groups in total. The van der Waals surface area contributed by atoms with Crippen LogP contribution < -0.4 is 5.32 Å². The van der Waals surface area contributed by atoms with Gasteiger partial charge in [0.15, 0.2) is 11.0 Å². The van der Waals surface area contributed by atoms with Gasteiger partial charge in [-0.05, 0) is 63.7 Å². The van der Waals surface area contributed by atoms with Crippen molar-refractivity contribution in [1.29, 1.82) is 0 Å². The highest BCUT2D eigenvalue weighted by Crippen LogP contribution is 2.38. The number of amides is 1. The molecule has 0 bridgehead atoms. The highest BCUT2D eigenvalue weighted by Gasteiger charge is 2.31. The molecule has 4 rings (SSSR count). The molecule has 2 unspecified atom stereocenters. The third-order valence-corrected chi connectivity index (χ3v) is 6.83. The summed E-state index contributed by atoms with van der Waals surface area (Å²) in [5, 5.41) is 13.1. The van der Waals surface area contributed by atoms with E-state index in [9.17, 15) is 4.79 Å². The molecule has 1 aliphatic rings. The molecule has 162 valence electrons.